The van der Waals surface area contributed by atoms with Gasteiger partial charge in [-0.15, -0.1) is 0 Å². The maximum atomic E-state index is 14.2. The third-order valence-electron chi connectivity index (χ3n) is 4.77. The molecule has 0 radical (unpaired) electrons. The highest BCUT2D eigenvalue weighted by atomic mass is 19.1. The van der Waals surface area contributed by atoms with E-state index in [9.17, 15) is 9.18 Å². The lowest BCUT2D eigenvalue weighted by Crippen LogP contribution is -2.09. The van der Waals surface area contributed by atoms with Crippen LogP contribution in [0.5, 0.6) is 5.75 Å². The quantitative estimate of drug-likeness (QED) is 0.434. The Kier molecular flexibility index (Phi) is 4.96. The molecule has 4 aromatic rings. The molecule has 0 amide bonds. The molecule has 0 aliphatic rings. The van der Waals surface area contributed by atoms with Gasteiger partial charge in [0.25, 0.3) is 0 Å². The first kappa shape index (κ1) is 18.6. The van der Waals surface area contributed by atoms with Crippen LogP contribution in [0.2, 0.25) is 0 Å². The number of carbonyl (C=O) groups excluding carboxylic acids is 1. The van der Waals surface area contributed by atoms with Crippen LogP contribution in [0.15, 0.2) is 72.8 Å². The summed E-state index contributed by atoms with van der Waals surface area (Å²) >= 11 is 0. The second-order valence-corrected chi connectivity index (χ2v) is 6.46. The van der Waals surface area contributed by atoms with Crippen LogP contribution in [0.4, 0.5) is 4.39 Å². The Morgan fingerprint density at radius 3 is 2.24 bits per heavy atom. The van der Waals surface area contributed by atoms with Gasteiger partial charge in [-0.2, -0.15) is 0 Å². The lowest BCUT2D eigenvalue weighted by Gasteiger charge is -2.16. The second kappa shape index (κ2) is 7.72. The van der Waals surface area contributed by atoms with Crippen molar-refractivity contribution < 1.29 is 18.7 Å². The van der Waals surface area contributed by atoms with Gasteiger partial charge in [-0.25, -0.2) is 14.2 Å². The van der Waals surface area contributed by atoms with Crippen molar-refractivity contribution in [3.05, 3.63) is 84.3 Å². The van der Waals surface area contributed by atoms with E-state index < -0.39 is 5.97 Å². The van der Waals surface area contributed by atoms with Crippen molar-refractivity contribution in [2.75, 3.05) is 14.2 Å². The van der Waals surface area contributed by atoms with E-state index in [1.807, 2.05) is 42.5 Å². The number of nitrogens with zero attached hydrogens (tertiary/aromatic N) is 1. The minimum Gasteiger partial charge on any atom is -0.497 e. The van der Waals surface area contributed by atoms with E-state index in [1.165, 1.54) is 19.2 Å². The summed E-state index contributed by atoms with van der Waals surface area (Å²) in [6.07, 6.45) is 0. The molecule has 5 heteroatoms. The zero-order valence-electron chi connectivity index (χ0n) is 16.0. The van der Waals surface area contributed by atoms with Crippen LogP contribution in [-0.2, 0) is 4.74 Å². The number of pyridine rings is 1. The summed E-state index contributed by atoms with van der Waals surface area (Å²) < 4.78 is 24.4. The Morgan fingerprint density at radius 2 is 1.59 bits per heavy atom. The smallest absolute Gasteiger partial charge is 0.357 e. The van der Waals surface area contributed by atoms with E-state index in [4.69, 9.17) is 9.47 Å². The Bertz CT molecular complexity index is 1190. The maximum Gasteiger partial charge on any atom is 0.357 e. The molecule has 4 nitrogen and oxygen atoms in total. The van der Waals surface area contributed by atoms with Crippen LogP contribution < -0.4 is 4.74 Å². The van der Waals surface area contributed by atoms with E-state index in [-0.39, 0.29) is 11.5 Å². The number of benzene rings is 3. The number of methoxy groups -OCH3 is 2. The van der Waals surface area contributed by atoms with E-state index in [1.54, 1.807) is 25.3 Å². The lowest BCUT2D eigenvalue weighted by atomic mass is 9.93. The number of hydrogen-bond acceptors (Lipinski definition) is 4. The Labute approximate surface area is 167 Å². The minimum absolute atomic E-state index is 0.177. The lowest BCUT2D eigenvalue weighted by molar-refractivity contribution is 0.0595. The standard InChI is InChI=1S/C24H18FNO3/c1-28-18-11-8-15(9-12-18)21-19-13-10-17(25)14-20(19)22(16-6-4-3-5-7-16)26-23(21)24(27)29-2/h3-14H,1-2H3. The summed E-state index contributed by atoms with van der Waals surface area (Å²) in [4.78, 5) is 17.3. The molecule has 0 atom stereocenters. The maximum absolute atomic E-state index is 14.2. The molecule has 0 N–H and O–H groups in total. The van der Waals surface area contributed by atoms with Gasteiger partial charge in [0.1, 0.15) is 11.6 Å². The van der Waals surface area contributed by atoms with Gasteiger partial charge in [0.05, 0.1) is 19.9 Å². The molecule has 0 saturated heterocycles. The fourth-order valence-electron chi connectivity index (χ4n) is 3.40. The predicted octanol–water partition coefficient (Wildman–Crippen LogP) is 5.50. The van der Waals surface area contributed by atoms with Gasteiger partial charge in [0.2, 0.25) is 0 Å². The summed E-state index contributed by atoms with van der Waals surface area (Å²) in [6, 6.07) is 21.2. The largest absolute Gasteiger partial charge is 0.497 e. The molecule has 3 aromatic carbocycles. The number of carbonyl (C=O) groups is 1. The normalized spacial score (nSPS) is 10.7. The average molecular weight is 387 g/mol. The summed E-state index contributed by atoms with van der Waals surface area (Å²) in [6.45, 7) is 0. The first-order valence-corrected chi connectivity index (χ1v) is 9.04. The average Bonchev–Trinajstić information content (AvgIpc) is 2.78. The van der Waals surface area contributed by atoms with Crippen molar-refractivity contribution in [3.63, 3.8) is 0 Å². The molecule has 0 bridgehead atoms. The third-order valence-corrected chi connectivity index (χ3v) is 4.77. The van der Waals surface area contributed by atoms with Crippen molar-refractivity contribution in [1.82, 2.24) is 4.98 Å². The fourth-order valence-corrected chi connectivity index (χ4v) is 3.40. The Balaban J connectivity index is 2.10. The van der Waals surface area contributed by atoms with Crippen molar-refractivity contribution in [2.24, 2.45) is 0 Å². The first-order valence-electron chi connectivity index (χ1n) is 9.04. The summed E-state index contributed by atoms with van der Waals surface area (Å²) in [7, 11) is 2.90. The molecular weight excluding hydrogens is 369 g/mol. The van der Waals surface area contributed by atoms with Gasteiger partial charge in [-0.05, 0) is 35.2 Å². The van der Waals surface area contributed by atoms with Gasteiger partial charge in [0, 0.05) is 16.5 Å². The number of ether oxygens (including phenoxy) is 2. The van der Waals surface area contributed by atoms with Gasteiger partial charge in [-0.3, -0.25) is 0 Å². The van der Waals surface area contributed by atoms with Gasteiger partial charge < -0.3 is 9.47 Å². The zero-order valence-corrected chi connectivity index (χ0v) is 16.0. The second-order valence-electron chi connectivity index (χ2n) is 6.46. The van der Waals surface area contributed by atoms with Crippen LogP contribution in [-0.4, -0.2) is 25.2 Å². The molecule has 0 aliphatic carbocycles. The monoisotopic (exact) mass is 387 g/mol. The van der Waals surface area contributed by atoms with Crippen molar-refractivity contribution >= 4 is 16.7 Å². The van der Waals surface area contributed by atoms with Crippen LogP contribution in [0.3, 0.4) is 0 Å². The Hall–Kier alpha value is -3.73. The molecular formula is C24H18FNO3. The molecule has 0 unspecified atom stereocenters. The summed E-state index contributed by atoms with van der Waals surface area (Å²) in [5.74, 6) is -0.236. The van der Waals surface area contributed by atoms with Gasteiger partial charge in [0.15, 0.2) is 5.69 Å². The van der Waals surface area contributed by atoms with Crippen molar-refractivity contribution in [1.29, 1.82) is 0 Å². The summed E-state index contributed by atoms with van der Waals surface area (Å²) in [5.41, 5.74) is 2.84. The highest BCUT2D eigenvalue weighted by Gasteiger charge is 2.22. The number of rotatable bonds is 4. The zero-order chi connectivity index (χ0) is 20.4. The molecule has 1 aromatic heterocycles. The van der Waals surface area contributed by atoms with E-state index in [0.717, 1.165) is 11.1 Å². The highest BCUT2D eigenvalue weighted by molar-refractivity contribution is 6.10. The Morgan fingerprint density at radius 1 is 0.862 bits per heavy atom. The van der Waals surface area contributed by atoms with Gasteiger partial charge in [-0.1, -0.05) is 48.5 Å². The number of hydrogen-bond donors (Lipinski definition) is 0. The molecule has 0 aliphatic heterocycles. The fraction of sp³-hybridized carbons (Fsp3) is 0.0833. The topological polar surface area (TPSA) is 48.4 Å². The minimum atomic E-state index is -0.556. The molecule has 29 heavy (non-hydrogen) atoms. The van der Waals surface area contributed by atoms with Crippen LogP contribution >= 0.6 is 0 Å². The first-order chi connectivity index (χ1) is 14.1. The molecule has 144 valence electrons. The van der Waals surface area contributed by atoms with Crippen molar-refractivity contribution in [2.45, 2.75) is 0 Å². The van der Waals surface area contributed by atoms with Crippen LogP contribution in [0.1, 0.15) is 10.5 Å². The third kappa shape index (κ3) is 3.43. The van der Waals surface area contributed by atoms with E-state index in [0.29, 0.717) is 27.8 Å². The summed E-state index contributed by atoms with van der Waals surface area (Å²) in [5, 5.41) is 1.33. The number of aromatic nitrogens is 1. The molecule has 0 fully saturated rings. The van der Waals surface area contributed by atoms with Crippen LogP contribution in [0, 0.1) is 5.82 Å². The highest BCUT2D eigenvalue weighted by Crippen LogP contribution is 2.37. The molecule has 4 rings (SSSR count). The number of esters is 1. The number of halogens is 1. The van der Waals surface area contributed by atoms with Crippen molar-refractivity contribution in [3.8, 4) is 28.1 Å². The van der Waals surface area contributed by atoms with Gasteiger partial charge >= 0.3 is 5.97 Å². The SMILES string of the molecule is COC(=O)c1nc(-c2ccccc2)c2cc(F)ccc2c1-c1ccc(OC)cc1. The number of fused-ring (bicyclic) bond motifs is 1. The molecule has 1 heterocycles. The van der Waals surface area contributed by atoms with Crippen LogP contribution in [0.25, 0.3) is 33.2 Å². The molecule has 0 saturated carbocycles. The predicted molar refractivity (Wildman–Crippen MR) is 110 cm³/mol. The van der Waals surface area contributed by atoms with E-state index >= 15 is 0 Å². The van der Waals surface area contributed by atoms with E-state index in [2.05, 4.69) is 4.98 Å². The molecule has 0 spiro atoms.